The normalized spacial score (nSPS) is 11.3. The van der Waals surface area contributed by atoms with Gasteiger partial charge in [-0.3, -0.25) is 4.72 Å². The van der Waals surface area contributed by atoms with E-state index in [0.717, 1.165) is 0 Å². The summed E-state index contributed by atoms with van der Waals surface area (Å²) in [5.74, 6) is -0.312. The summed E-state index contributed by atoms with van der Waals surface area (Å²) in [7, 11) is -3.87. The Morgan fingerprint density at radius 1 is 1.16 bits per heavy atom. The molecule has 0 radical (unpaired) electrons. The first-order valence-corrected chi connectivity index (χ1v) is 7.81. The second-order valence-electron chi connectivity index (χ2n) is 3.70. The maximum Gasteiger partial charge on any atom is 0.265 e. The molecule has 0 aromatic heterocycles. The molecule has 19 heavy (non-hydrogen) atoms. The first-order chi connectivity index (χ1) is 8.90. The fourth-order valence-corrected chi connectivity index (χ4v) is 3.28. The van der Waals surface area contributed by atoms with Crippen molar-refractivity contribution in [3.05, 3.63) is 52.0 Å². The standard InChI is InChI=1S/C12H9BrClNO3S/c13-9-6-5-8(14)7-10(9)15-19(17,18)12-4-2-1-3-11(12)16/h1-7,15-16H. The predicted octanol–water partition coefficient (Wildman–Crippen LogP) is 3.61. The molecule has 0 bridgehead atoms. The van der Waals surface area contributed by atoms with Crippen LogP contribution in [0.5, 0.6) is 5.75 Å². The lowest BCUT2D eigenvalue weighted by molar-refractivity contribution is 0.459. The Morgan fingerprint density at radius 3 is 2.53 bits per heavy atom. The highest BCUT2D eigenvalue weighted by Gasteiger charge is 2.19. The fraction of sp³-hybridized carbons (Fsp3) is 0. The summed E-state index contributed by atoms with van der Waals surface area (Å²) >= 11 is 9.04. The number of phenols is 1. The number of hydrogen-bond acceptors (Lipinski definition) is 3. The van der Waals surface area contributed by atoms with Crippen molar-refractivity contribution >= 4 is 43.2 Å². The number of benzene rings is 2. The summed E-state index contributed by atoms with van der Waals surface area (Å²) < 4.78 is 27.2. The Kier molecular flexibility index (Phi) is 4.03. The maximum atomic E-state index is 12.2. The number of para-hydroxylation sites is 1. The van der Waals surface area contributed by atoms with E-state index >= 15 is 0 Å². The lowest BCUT2D eigenvalue weighted by Gasteiger charge is -2.11. The van der Waals surface area contributed by atoms with Crippen molar-refractivity contribution in [3.63, 3.8) is 0 Å². The highest BCUT2D eigenvalue weighted by atomic mass is 79.9. The summed E-state index contributed by atoms with van der Waals surface area (Å²) in [4.78, 5) is -0.193. The third-order valence-electron chi connectivity index (χ3n) is 2.33. The summed E-state index contributed by atoms with van der Waals surface area (Å²) in [6.07, 6.45) is 0. The molecule has 0 atom stereocenters. The molecule has 2 rings (SSSR count). The molecule has 0 saturated heterocycles. The molecule has 0 heterocycles. The van der Waals surface area contributed by atoms with E-state index in [4.69, 9.17) is 11.6 Å². The molecule has 0 unspecified atom stereocenters. The quantitative estimate of drug-likeness (QED) is 0.876. The van der Waals surface area contributed by atoms with Crippen LogP contribution >= 0.6 is 27.5 Å². The monoisotopic (exact) mass is 361 g/mol. The van der Waals surface area contributed by atoms with E-state index in [9.17, 15) is 13.5 Å². The molecule has 2 aromatic carbocycles. The smallest absolute Gasteiger partial charge is 0.265 e. The Hall–Kier alpha value is -1.24. The van der Waals surface area contributed by atoms with Gasteiger partial charge < -0.3 is 5.11 Å². The van der Waals surface area contributed by atoms with Crippen molar-refractivity contribution in [1.82, 2.24) is 0 Å². The molecule has 0 fully saturated rings. The molecule has 4 nitrogen and oxygen atoms in total. The molecule has 0 aliphatic heterocycles. The Balaban J connectivity index is 2.43. The van der Waals surface area contributed by atoms with Crippen LogP contribution in [-0.2, 0) is 10.0 Å². The third kappa shape index (κ3) is 3.20. The molecular formula is C12H9BrClNO3S. The second-order valence-corrected chi connectivity index (χ2v) is 6.64. The van der Waals surface area contributed by atoms with E-state index in [1.807, 2.05) is 0 Å². The molecule has 100 valence electrons. The summed E-state index contributed by atoms with van der Waals surface area (Å²) in [5.41, 5.74) is 0.302. The van der Waals surface area contributed by atoms with E-state index in [1.54, 1.807) is 18.2 Å². The van der Waals surface area contributed by atoms with E-state index in [-0.39, 0.29) is 10.6 Å². The molecule has 0 aliphatic rings. The van der Waals surface area contributed by atoms with Crippen LogP contribution in [0.3, 0.4) is 0 Å². The van der Waals surface area contributed by atoms with Crippen LogP contribution < -0.4 is 4.72 Å². The minimum atomic E-state index is -3.87. The van der Waals surface area contributed by atoms with Crippen molar-refractivity contribution in [2.75, 3.05) is 4.72 Å². The zero-order chi connectivity index (χ0) is 14.0. The number of aromatic hydroxyl groups is 1. The van der Waals surface area contributed by atoms with Gasteiger partial charge in [-0.25, -0.2) is 8.42 Å². The van der Waals surface area contributed by atoms with Crippen molar-refractivity contribution in [2.24, 2.45) is 0 Å². The molecule has 2 N–H and O–H groups in total. The Labute approximate surface area is 124 Å². The van der Waals surface area contributed by atoms with Crippen molar-refractivity contribution in [2.45, 2.75) is 4.90 Å². The zero-order valence-corrected chi connectivity index (χ0v) is 12.6. The highest BCUT2D eigenvalue weighted by Crippen LogP contribution is 2.30. The predicted molar refractivity (Wildman–Crippen MR) is 78.1 cm³/mol. The van der Waals surface area contributed by atoms with Crippen molar-refractivity contribution in [3.8, 4) is 5.75 Å². The molecular weight excluding hydrogens is 354 g/mol. The van der Waals surface area contributed by atoms with Gasteiger partial charge in [0, 0.05) is 9.50 Å². The number of sulfonamides is 1. The van der Waals surface area contributed by atoms with Gasteiger partial charge in [0.1, 0.15) is 10.6 Å². The van der Waals surface area contributed by atoms with E-state index in [1.165, 1.54) is 24.3 Å². The SMILES string of the molecule is O=S(=O)(Nc1cc(Cl)ccc1Br)c1ccccc1O. The number of anilines is 1. The lowest BCUT2D eigenvalue weighted by atomic mass is 10.3. The minimum Gasteiger partial charge on any atom is -0.507 e. The fourth-order valence-electron chi connectivity index (χ4n) is 1.46. The molecule has 2 aromatic rings. The number of hydrogen-bond donors (Lipinski definition) is 2. The zero-order valence-electron chi connectivity index (χ0n) is 9.47. The van der Waals surface area contributed by atoms with Gasteiger partial charge in [0.2, 0.25) is 0 Å². The van der Waals surface area contributed by atoms with Crippen LogP contribution in [-0.4, -0.2) is 13.5 Å². The minimum absolute atomic E-state index is 0.193. The van der Waals surface area contributed by atoms with Crippen LogP contribution in [0.2, 0.25) is 5.02 Å². The van der Waals surface area contributed by atoms with Gasteiger partial charge in [-0.15, -0.1) is 0 Å². The summed E-state index contributed by atoms with van der Waals surface area (Å²) in [5, 5.41) is 9.99. The molecule has 0 saturated carbocycles. The Morgan fingerprint density at radius 2 is 1.84 bits per heavy atom. The summed E-state index contributed by atoms with van der Waals surface area (Å²) in [6, 6.07) is 10.4. The van der Waals surface area contributed by atoms with E-state index < -0.39 is 10.0 Å². The number of halogens is 2. The Bertz CT molecular complexity index is 719. The van der Waals surface area contributed by atoms with Crippen LogP contribution in [0.4, 0.5) is 5.69 Å². The largest absolute Gasteiger partial charge is 0.507 e. The van der Waals surface area contributed by atoms with Gasteiger partial charge >= 0.3 is 0 Å². The summed E-state index contributed by atoms with van der Waals surface area (Å²) in [6.45, 7) is 0. The average molecular weight is 363 g/mol. The number of phenolic OH excluding ortho intramolecular Hbond substituents is 1. The van der Waals surface area contributed by atoms with Gasteiger partial charge in [0.25, 0.3) is 10.0 Å². The van der Waals surface area contributed by atoms with Crippen molar-refractivity contribution < 1.29 is 13.5 Å². The van der Waals surface area contributed by atoms with Crippen LogP contribution in [0, 0.1) is 0 Å². The first kappa shape index (κ1) is 14.2. The van der Waals surface area contributed by atoms with E-state index in [0.29, 0.717) is 15.2 Å². The number of rotatable bonds is 3. The molecule has 7 heteroatoms. The van der Waals surface area contributed by atoms with E-state index in [2.05, 4.69) is 20.7 Å². The first-order valence-electron chi connectivity index (χ1n) is 5.16. The molecule has 0 amide bonds. The topological polar surface area (TPSA) is 66.4 Å². The average Bonchev–Trinajstić information content (AvgIpc) is 2.34. The lowest BCUT2D eigenvalue weighted by Crippen LogP contribution is -2.13. The third-order valence-corrected chi connectivity index (χ3v) is 4.67. The highest BCUT2D eigenvalue weighted by molar-refractivity contribution is 9.10. The van der Waals surface area contributed by atoms with Gasteiger partial charge in [0.15, 0.2) is 0 Å². The van der Waals surface area contributed by atoms with Gasteiger partial charge in [-0.1, -0.05) is 23.7 Å². The van der Waals surface area contributed by atoms with Crippen LogP contribution in [0.15, 0.2) is 51.8 Å². The number of nitrogens with one attached hydrogen (secondary N) is 1. The molecule has 0 aliphatic carbocycles. The molecule has 0 spiro atoms. The van der Waals surface area contributed by atoms with Gasteiger partial charge in [0.05, 0.1) is 5.69 Å². The van der Waals surface area contributed by atoms with Crippen LogP contribution in [0.1, 0.15) is 0 Å². The van der Waals surface area contributed by atoms with Crippen LogP contribution in [0.25, 0.3) is 0 Å². The maximum absolute atomic E-state index is 12.2. The van der Waals surface area contributed by atoms with Crippen molar-refractivity contribution in [1.29, 1.82) is 0 Å². The van der Waals surface area contributed by atoms with Gasteiger partial charge in [-0.05, 0) is 46.3 Å². The van der Waals surface area contributed by atoms with Gasteiger partial charge in [-0.2, -0.15) is 0 Å². The second kappa shape index (κ2) is 5.40.